The smallest absolute Gasteiger partial charge is 0.310 e. The maximum absolute atomic E-state index is 13.6. The lowest BCUT2D eigenvalue weighted by atomic mass is 10.1. The first kappa shape index (κ1) is 13.9. The van der Waals surface area contributed by atoms with E-state index in [0.717, 1.165) is 7.11 Å². The van der Waals surface area contributed by atoms with Crippen LogP contribution in [-0.4, -0.2) is 23.0 Å². The molecule has 0 aromatic carbocycles. The van der Waals surface area contributed by atoms with Gasteiger partial charge in [-0.15, -0.1) is 0 Å². The van der Waals surface area contributed by atoms with Crippen LogP contribution in [0.25, 0.3) is 0 Å². The van der Waals surface area contributed by atoms with E-state index in [9.17, 15) is 28.1 Å². The third-order valence-corrected chi connectivity index (χ3v) is 2.08. The molecule has 0 aliphatic rings. The van der Waals surface area contributed by atoms with Crippen LogP contribution in [0.2, 0.25) is 0 Å². The van der Waals surface area contributed by atoms with Crippen molar-refractivity contribution in [3.63, 3.8) is 0 Å². The Bertz CT molecular complexity index is 493. The van der Waals surface area contributed by atoms with Crippen molar-refractivity contribution < 1.29 is 27.6 Å². The number of hydrogen-bond donors (Lipinski definition) is 0. The number of esters is 1. The van der Waals surface area contributed by atoms with E-state index >= 15 is 0 Å². The van der Waals surface area contributed by atoms with Gasteiger partial charge in [-0.1, -0.05) is 0 Å². The molecule has 98 valence electrons. The topological polar surface area (TPSA) is 82.3 Å². The van der Waals surface area contributed by atoms with Crippen molar-refractivity contribution >= 4 is 11.7 Å². The van der Waals surface area contributed by atoms with E-state index in [-0.39, 0.29) is 0 Å². The first-order chi connectivity index (χ1) is 8.38. The minimum atomic E-state index is -3.23. The van der Waals surface area contributed by atoms with E-state index < -0.39 is 46.5 Å². The standard InChI is InChI=1S/C9H7F3N2O4/c1-18-6(15)2-4-5(14(16)17)3-13-8(7(4)10)9(11)12/h3,9H,2H2,1H3. The van der Waals surface area contributed by atoms with E-state index in [1.807, 2.05) is 0 Å². The molecule has 0 amide bonds. The largest absolute Gasteiger partial charge is 0.469 e. The normalized spacial score (nSPS) is 10.5. The second kappa shape index (κ2) is 5.43. The Kier molecular flexibility index (Phi) is 4.18. The van der Waals surface area contributed by atoms with Gasteiger partial charge >= 0.3 is 5.97 Å². The molecule has 0 atom stereocenters. The fourth-order valence-electron chi connectivity index (χ4n) is 1.23. The first-order valence-electron chi connectivity index (χ1n) is 4.55. The lowest BCUT2D eigenvalue weighted by Gasteiger charge is -2.06. The molecular formula is C9H7F3N2O4. The van der Waals surface area contributed by atoms with Crippen LogP contribution < -0.4 is 0 Å². The maximum Gasteiger partial charge on any atom is 0.310 e. The Balaban J connectivity index is 3.35. The molecule has 1 rings (SSSR count). The number of carbonyl (C=O) groups is 1. The summed E-state index contributed by atoms with van der Waals surface area (Å²) in [6.07, 6.45) is -3.56. The fourth-order valence-corrected chi connectivity index (χ4v) is 1.23. The van der Waals surface area contributed by atoms with Gasteiger partial charge < -0.3 is 4.74 Å². The predicted molar refractivity (Wildman–Crippen MR) is 51.5 cm³/mol. The SMILES string of the molecule is COC(=O)Cc1c([N+](=O)[O-])cnc(C(F)F)c1F. The molecule has 0 aliphatic heterocycles. The van der Waals surface area contributed by atoms with Gasteiger partial charge in [-0.25, -0.2) is 18.2 Å². The monoisotopic (exact) mass is 264 g/mol. The van der Waals surface area contributed by atoms with Crippen LogP contribution in [0.3, 0.4) is 0 Å². The number of methoxy groups -OCH3 is 1. The van der Waals surface area contributed by atoms with Crippen LogP contribution >= 0.6 is 0 Å². The highest BCUT2D eigenvalue weighted by Crippen LogP contribution is 2.28. The third-order valence-electron chi connectivity index (χ3n) is 2.08. The average Bonchev–Trinajstić information content (AvgIpc) is 2.30. The summed E-state index contributed by atoms with van der Waals surface area (Å²) in [7, 11) is 0.987. The summed E-state index contributed by atoms with van der Waals surface area (Å²) in [5.74, 6) is -2.55. The van der Waals surface area contributed by atoms with Crippen molar-refractivity contribution in [1.29, 1.82) is 0 Å². The molecule has 0 saturated heterocycles. The summed E-state index contributed by atoms with van der Waals surface area (Å²) in [6.45, 7) is 0. The Labute approximate surface area is 98.5 Å². The Morgan fingerprint density at radius 1 is 1.61 bits per heavy atom. The van der Waals surface area contributed by atoms with Crippen molar-refractivity contribution in [1.82, 2.24) is 4.98 Å². The summed E-state index contributed by atoms with van der Waals surface area (Å²) >= 11 is 0. The summed E-state index contributed by atoms with van der Waals surface area (Å²) in [4.78, 5) is 23.5. The van der Waals surface area contributed by atoms with E-state index in [1.54, 1.807) is 0 Å². The number of hydrogen-bond acceptors (Lipinski definition) is 5. The summed E-state index contributed by atoms with van der Waals surface area (Å²) in [5.41, 5.74) is -2.85. The van der Waals surface area contributed by atoms with Crippen LogP contribution in [0.5, 0.6) is 0 Å². The van der Waals surface area contributed by atoms with Crippen LogP contribution in [0.4, 0.5) is 18.9 Å². The zero-order valence-corrected chi connectivity index (χ0v) is 9.02. The molecule has 0 aliphatic carbocycles. The Hall–Kier alpha value is -2.19. The molecule has 0 radical (unpaired) electrons. The number of halogens is 3. The zero-order valence-electron chi connectivity index (χ0n) is 9.02. The van der Waals surface area contributed by atoms with Gasteiger partial charge in [-0.2, -0.15) is 0 Å². The summed E-state index contributed by atoms with van der Waals surface area (Å²) in [6, 6.07) is 0. The maximum atomic E-state index is 13.6. The van der Waals surface area contributed by atoms with E-state index in [0.29, 0.717) is 6.20 Å². The molecule has 0 saturated carbocycles. The molecule has 0 spiro atoms. The summed E-state index contributed by atoms with van der Waals surface area (Å²) < 4.78 is 42.5. The van der Waals surface area contributed by atoms with Gasteiger partial charge in [0.15, 0.2) is 5.82 Å². The van der Waals surface area contributed by atoms with Crippen LogP contribution in [-0.2, 0) is 16.0 Å². The molecule has 0 N–H and O–H groups in total. The molecule has 0 fully saturated rings. The Morgan fingerprint density at radius 3 is 2.67 bits per heavy atom. The van der Waals surface area contributed by atoms with Crippen LogP contribution in [0.15, 0.2) is 6.20 Å². The molecule has 6 nitrogen and oxygen atoms in total. The zero-order chi connectivity index (χ0) is 13.9. The quantitative estimate of drug-likeness (QED) is 0.470. The number of nitro groups is 1. The molecular weight excluding hydrogens is 257 g/mol. The molecule has 1 heterocycles. The van der Waals surface area contributed by atoms with Crippen molar-refractivity contribution in [2.45, 2.75) is 12.8 Å². The number of aromatic nitrogens is 1. The highest BCUT2D eigenvalue weighted by Gasteiger charge is 2.28. The minimum Gasteiger partial charge on any atom is -0.469 e. The second-order valence-electron chi connectivity index (χ2n) is 3.13. The van der Waals surface area contributed by atoms with Gasteiger partial charge in [0.2, 0.25) is 0 Å². The van der Waals surface area contributed by atoms with Gasteiger partial charge in [0.05, 0.1) is 24.0 Å². The fraction of sp³-hybridized carbons (Fsp3) is 0.333. The van der Waals surface area contributed by atoms with Gasteiger partial charge in [-0.3, -0.25) is 14.9 Å². The molecule has 0 bridgehead atoms. The Morgan fingerprint density at radius 2 is 2.22 bits per heavy atom. The molecule has 18 heavy (non-hydrogen) atoms. The highest BCUT2D eigenvalue weighted by atomic mass is 19.3. The van der Waals surface area contributed by atoms with Crippen LogP contribution in [0, 0.1) is 15.9 Å². The number of carbonyl (C=O) groups excluding carboxylic acids is 1. The molecule has 1 aromatic rings. The number of nitrogens with zero attached hydrogens (tertiary/aromatic N) is 2. The van der Waals surface area contributed by atoms with Crippen molar-refractivity contribution in [2.75, 3.05) is 7.11 Å². The summed E-state index contributed by atoms with van der Waals surface area (Å²) in [5, 5.41) is 10.6. The van der Waals surface area contributed by atoms with Gasteiger partial charge in [0.1, 0.15) is 11.9 Å². The first-order valence-corrected chi connectivity index (χ1v) is 4.55. The number of pyridine rings is 1. The lowest BCUT2D eigenvalue weighted by Crippen LogP contribution is -2.11. The van der Waals surface area contributed by atoms with E-state index in [1.165, 1.54) is 0 Å². The number of rotatable bonds is 4. The number of alkyl halides is 2. The van der Waals surface area contributed by atoms with Gasteiger partial charge in [-0.05, 0) is 0 Å². The van der Waals surface area contributed by atoms with E-state index in [4.69, 9.17) is 0 Å². The highest BCUT2D eigenvalue weighted by molar-refractivity contribution is 5.74. The number of ether oxygens (including phenoxy) is 1. The minimum absolute atomic E-state index is 0.489. The van der Waals surface area contributed by atoms with Crippen molar-refractivity contribution in [3.05, 3.63) is 33.4 Å². The van der Waals surface area contributed by atoms with Crippen LogP contribution in [0.1, 0.15) is 17.7 Å². The van der Waals surface area contributed by atoms with E-state index in [2.05, 4.69) is 9.72 Å². The third kappa shape index (κ3) is 2.73. The molecule has 9 heteroatoms. The van der Waals surface area contributed by atoms with Gasteiger partial charge in [0, 0.05) is 0 Å². The predicted octanol–water partition coefficient (Wildman–Crippen LogP) is 1.78. The van der Waals surface area contributed by atoms with Crippen molar-refractivity contribution in [2.24, 2.45) is 0 Å². The second-order valence-corrected chi connectivity index (χ2v) is 3.13. The average molecular weight is 264 g/mol. The lowest BCUT2D eigenvalue weighted by molar-refractivity contribution is -0.386. The molecule has 0 unspecified atom stereocenters. The van der Waals surface area contributed by atoms with Gasteiger partial charge in [0.25, 0.3) is 12.1 Å². The molecule has 1 aromatic heterocycles. The van der Waals surface area contributed by atoms with Crippen molar-refractivity contribution in [3.8, 4) is 0 Å².